The fraction of sp³-hybridized carbons (Fsp3) is 0.278. The number of ether oxygens (including phenoxy) is 1. The normalized spacial score (nSPS) is 12.2. The van der Waals surface area contributed by atoms with Crippen molar-refractivity contribution in [2.75, 3.05) is 13.2 Å². The van der Waals surface area contributed by atoms with E-state index < -0.39 is 10.0 Å². The lowest BCUT2D eigenvalue weighted by Crippen LogP contribution is -2.13. The van der Waals surface area contributed by atoms with Gasteiger partial charge >= 0.3 is 0 Å². The van der Waals surface area contributed by atoms with Crippen molar-refractivity contribution >= 4 is 15.9 Å². The van der Waals surface area contributed by atoms with Gasteiger partial charge in [-0.1, -0.05) is 48.0 Å². The summed E-state index contributed by atoms with van der Waals surface area (Å²) in [6, 6.07) is 15.9. The lowest BCUT2D eigenvalue weighted by Gasteiger charge is -2.09. The third kappa shape index (κ3) is 5.47. The van der Waals surface area contributed by atoms with Crippen molar-refractivity contribution in [1.29, 1.82) is 0 Å². The zero-order valence-electron chi connectivity index (χ0n) is 13.6. The van der Waals surface area contributed by atoms with Crippen LogP contribution in [-0.2, 0) is 21.2 Å². The molecule has 0 saturated heterocycles. The maximum absolute atomic E-state index is 12.5. The first-order valence-corrected chi connectivity index (χ1v) is 9.13. The van der Waals surface area contributed by atoms with Crippen LogP contribution in [0.15, 0.2) is 63.9 Å². The topological polar surface area (TPSA) is 76.0 Å². The van der Waals surface area contributed by atoms with E-state index in [1.54, 1.807) is 12.1 Å². The first-order valence-electron chi connectivity index (χ1n) is 7.69. The Morgan fingerprint density at radius 1 is 1.08 bits per heavy atom. The van der Waals surface area contributed by atoms with Crippen LogP contribution in [0, 0.1) is 6.92 Å². The van der Waals surface area contributed by atoms with Gasteiger partial charge in [-0.15, -0.1) is 4.40 Å². The van der Waals surface area contributed by atoms with Crippen molar-refractivity contribution in [3.8, 4) is 0 Å². The minimum Gasteiger partial charge on any atom is -0.480 e. The van der Waals surface area contributed by atoms with E-state index in [0.717, 1.165) is 11.1 Å². The molecule has 0 unspecified atom stereocenters. The number of nitrogens with zero attached hydrogens (tertiary/aromatic N) is 1. The lowest BCUT2D eigenvalue weighted by atomic mass is 10.1. The summed E-state index contributed by atoms with van der Waals surface area (Å²) >= 11 is 0. The molecule has 0 fully saturated rings. The van der Waals surface area contributed by atoms with Crippen LogP contribution in [0.1, 0.15) is 17.5 Å². The highest BCUT2D eigenvalue weighted by atomic mass is 32.2. The van der Waals surface area contributed by atoms with Crippen LogP contribution in [0.3, 0.4) is 0 Å². The predicted octanol–water partition coefficient (Wildman–Crippen LogP) is 2.72. The molecule has 1 N–H and O–H groups in total. The molecule has 2 aromatic carbocycles. The number of aryl methyl sites for hydroxylation is 1. The monoisotopic (exact) mass is 347 g/mol. The van der Waals surface area contributed by atoms with Crippen molar-refractivity contribution < 1.29 is 18.3 Å². The standard InChI is InChI=1S/C18H21NO4S/c1-15-8-10-17(11-9-15)24(21,22)19-18(23-13-5-12-20)14-16-6-3-2-4-7-16/h2-4,6-11,20H,5,12-14H2,1H3/b19-18-. The number of aliphatic hydroxyl groups excluding tert-OH is 1. The number of sulfonamides is 1. The van der Waals surface area contributed by atoms with E-state index in [0.29, 0.717) is 6.42 Å². The van der Waals surface area contributed by atoms with E-state index in [1.807, 2.05) is 37.3 Å². The van der Waals surface area contributed by atoms with Gasteiger partial charge in [-0.3, -0.25) is 0 Å². The van der Waals surface area contributed by atoms with E-state index >= 15 is 0 Å². The van der Waals surface area contributed by atoms with Crippen LogP contribution >= 0.6 is 0 Å². The molecule has 0 aliphatic carbocycles. The summed E-state index contributed by atoms with van der Waals surface area (Å²) in [6.07, 6.45) is 0.690. The van der Waals surface area contributed by atoms with Crippen molar-refractivity contribution in [1.82, 2.24) is 0 Å². The molecule has 6 heteroatoms. The van der Waals surface area contributed by atoms with Crippen LogP contribution in [0.2, 0.25) is 0 Å². The number of rotatable bonds is 7. The minimum absolute atomic E-state index is 0.0245. The summed E-state index contributed by atoms with van der Waals surface area (Å²) in [7, 11) is -3.83. The SMILES string of the molecule is Cc1ccc(S(=O)(=O)/N=C(/Cc2ccccc2)OCCCO)cc1. The summed E-state index contributed by atoms with van der Waals surface area (Å²) in [5.74, 6) is 0.121. The highest BCUT2D eigenvalue weighted by Gasteiger charge is 2.15. The van der Waals surface area contributed by atoms with Gasteiger partial charge in [0.1, 0.15) is 0 Å². The van der Waals surface area contributed by atoms with Gasteiger partial charge in [-0.2, -0.15) is 8.42 Å². The molecule has 0 saturated carbocycles. The predicted molar refractivity (Wildman–Crippen MR) is 93.6 cm³/mol. The van der Waals surface area contributed by atoms with E-state index in [2.05, 4.69) is 4.40 Å². The average molecular weight is 347 g/mol. The van der Waals surface area contributed by atoms with E-state index in [-0.39, 0.29) is 30.4 Å². The summed E-state index contributed by atoms with van der Waals surface area (Å²) in [5, 5.41) is 8.87. The number of hydrogen-bond donors (Lipinski definition) is 1. The van der Waals surface area contributed by atoms with Crippen LogP contribution in [-0.4, -0.2) is 32.6 Å². The molecule has 2 aromatic rings. The largest absolute Gasteiger partial charge is 0.480 e. The van der Waals surface area contributed by atoms with Gasteiger partial charge in [0.05, 0.1) is 11.5 Å². The first-order chi connectivity index (χ1) is 11.5. The van der Waals surface area contributed by atoms with Gasteiger partial charge in [-0.05, 0) is 24.6 Å². The van der Waals surface area contributed by atoms with Crippen molar-refractivity contribution in [2.45, 2.75) is 24.7 Å². The molecule has 0 amide bonds. The molecule has 0 heterocycles. The number of benzene rings is 2. The van der Waals surface area contributed by atoms with E-state index in [4.69, 9.17) is 9.84 Å². The van der Waals surface area contributed by atoms with Gasteiger partial charge in [0.15, 0.2) is 0 Å². The number of hydrogen-bond acceptors (Lipinski definition) is 4. The Balaban J connectivity index is 2.26. The second kappa shape index (κ2) is 8.61. The van der Waals surface area contributed by atoms with E-state index in [9.17, 15) is 8.42 Å². The first kappa shape index (κ1) is 18.2. The molecule has 0 radical (unpaired) electrons. The van der Waals surface area contributed by atoms with Gasteiger partial charge in [0, 0.05) is 19.4 Å². The van der Waals surface area contributed by atoms with Gasteiger partial charge in [0.2, 0.25) is 5.90 Å². The second-order valence-electron chi connectivity index (χ2n) is 5.36. The van der Waals surface area contributed by atoms with Crippen LogP contribution in [0.25, 0.3) is 0 Å². The Labute approximate surface area is 142 Å². The maximum atomic E-state index is 12.5. The lowest BCUT2D eigenvalue weighted by molar-refractivity contribution is 0.225. The molecule has 2 rings (SSSR count). The third-order valence-electron chi connectivity index (χ3n) is 3.31. The van der Waals surface area contributed by atoms with Gasteiger partial charge in [-0.25, -0.2) is 0 Å². The molecular formula is C18H21NO4S. The van der Waals surface area contributed by atoms with Crippen molar-refractivity contribution in [3.05, 3.63) is 65.7 Å². The third-order valence-corrected chi connectivity index (χ3v) is 4.62. The maximum Gasteiger partial charge on any atom is 0.285 e. The Morgan fingerprint density at radius 2 is 1.75 bits per heavy atom. The molecule has 0 aliphatic rings. The van der Waals surface area contributed by atoms with Crippen LogP contribution in [0.5, 0.6) is 0 Å². The fourth-order valence-electron chi connectivity index (χ4n) is 2.03. The smallest absolute Gasteiger partial charge is 0.285 e. The molecule has 0 aromatic heterocycles. The van der Waals surface area contributed by atoms with Crippen LogP contribution < -0.4 is 0 Å². The quantitative estimate of drug-likeness (QED) is 0.475. The average Bonchev–Trinajstić information content (AvgIpc) is 2.56. The summed E-state index contributed by atoms with van der Waals surface area (Å²) < 4.78 is 34.3. The fourth-order valence-corrected chi connectivity index (χ4v) is 3.00. The summed E-state index contributed by atoms with van der Waals surface area (Å²) in [4.78, 5) is 0.129. The Bertz CT molecular complexity index is 768. The van der Waals surface area contributed by atoms with E-state index in [1.165, 1.54) is 12.1 Å². The zero-order valence-corrected chi connectivity index (χ0v) is 14.4. The van der Waals surface area contributed by atoms with Gasteiger partial charge < -0.3 is 9.84 Å². The Hall–Kier alpha value is -2.18. The summed E-state index contributed by atoms with van der Waals surface area (Å²) in [5.41, 5.74) is 1.88. The van der Waals surface area contributed by atoms with Crippen LogP contribution in [0.4, 0.5) is 0 Å². The Morgan fingerprint density at radius 3 is 2.38 bits per heavy atom. The van der Waals surface area contributed by atoms with Crippen molar-refractivity contribution in [3.63, 3.8) is 0 Å². The molecule has 128 valence electrons. The van der Waals surface area contributed by atoms with Crippen molar-refractivity contribution in [2.24, 2.45) is 4.40 Å². The Kier molecular flexibility index (Phi) is 6.52. The summed E-state index contributed by atoms with van der Waals surface area (Å²) in [6.45, 7) is 2.08. The molecule has 24 heavy (non-hydrogen) atoms. The molecule has 0 atom stereocenters. The zero-order chi connectivity index (χ0) is 17.4. The second-order valence-corrected chi connectivity index (χ2v) is 6.97. The van der Waals surface area contributed by atoms with Gasteiger partial charge in [0.25, 0.3) is 10.0 Å². The molecule has 0 bridgehead atoms. The minimum atomic E-state index is -3.83. The molecular weight excluding hydrogens is 326 g/mol. The number of aliphatic hydroxyl groups is 1. The highest BCUT2D eigenvalue weighted by Crippen LogP contribution is 2.15. The highest BCUT2D eigenvalue weighted by molar-refractivity contribution is 7.90. The molecule has 5 nitrogen and oxygen atoms in total. The molecule has 0 aliphatic heterocycles. The molecule has 0 spiro atoms.